The average Bonchev–Trinajstić information content (AvgIpc) is 2.40. The lowest BCUT2D eigenvalue weighted by Gasteiger charge is -2.23. The van der Waals surface area contributed by atoms with Gasteiger partial charge in [0.25, 0.3) is 5.91 Å². The van der Waals surface area contributed by atoms with Gasteiger partial charge >= 0.3 is 0 Å². The van der Waals surface area contributed by atoms with Gasteiger partial charge < -0.3 is 10.6 Å². The van der Waals surface area contributed by atoms with Crippen LogP contribution >= 0.6 is 0 Å². The average molecular weight is 246 g/mol. The maximum Gasteiger partial charge on any atom is 0.251 e. The molecular formula is C15H22N2O. The Hall–Kier alpha value is -1.35. The molecule has 3 nitrogen and oxygen atoms in total. The lowest BCUT2D eigenvalue weighted by molar-refractivity contribution is 0.0955. The molecule has 1 aromatic carbocycles. The molecule has 1 saturated heterocycles. The van der Waals surface area contributed by atoms with Crippen LogP contribution in [0.3, 0.4) is 0 Å². The SMILES string of the molecule is CCNC(=O)c1ccc(C2CCNCC2)cc1C. The van der Waals surface area contributed by atoms with E-state index in [1.807, 2.05) is 19.9 Å². The summed E-state index contributed by atoms with van der Waals surface area (Å²) in [6, 6.07) is 6.27. The Morgan fingerprint density at radius 3 is 2.72 bits per heavy atom. The number of aryl methyl sites for hydroxylation is 1. The molecule has 1 heterocycles. The maximum absolute atomic E-state index is 11.8. The standard InChI is InChI=1S/C15H22N2O/c1-3-17-15(18)14-5-4-13(10-11(14)2)12-6-8-16-9-7-12/h4-5,10,12,16H,3,6-9H2,1-2H3,(H,17,18). The molecule has 0 radical (unpaired) electrons. The van der Waals surface area contributed by atoms with Gasteiger partial charge in [0.2, 0.25) is 0 Å². The first-order valence-electron chi connectivity index (χ1n) is 6.82. The molecule has 1 aliphatic heterocycles. The number of nitrogens with one attached hydrogen (secondary N) is 2. The molecule has 1 aromatic rings. The number of hydrogen-bond acceptors (Lipinski definition) is 2. The Kier molecular flexibility index (Phi) is 4.37. The lowest BCUT2D eigenvalue weighted by Crippen LogP contribution is -2.27. The highest BCUT2D eigenvalue weighted by Crippen LogP contribution is 2.26. The van der Waals surface area contributed by atoms with E-state index in [2.05, 4.69) is 22.8 Å². The molecule has 2 rings (SSSR count). The van der Waals surface area contributed by atoms with Crippen LogP contribution in [0, 0.1) is 6.92 Å². The van der Waals surface area contributed by atoms with E-state index >= 15 is 0 Å². The van der Waals surface area contributed by atoms with Gasteiger partial charge in [-0.25, -0.2) is 0 Å². The van der Waals surface area contributed by atoms with Crippen LogP contribution in [-0.4, -0.2) is 25.5 Å². The van der Waals surface area contributed by atoms with Gasteiger partial charge in [-0.3, -0.25) is 4.79 Å². The van der Waals surface area contributed by atoms with E-state index in [1.165, 1.54) is 18.4 Å². The van der Waals surface area contributed by atoms with Crippen molar-refractivity contribution in [1.29, 1.82) is 0 Å². The Labute approximate surface area is 109 Å². The van der Waals surface area contributed by atoms with Crippen LogP contribution in [0.15, 0.2) is 18.2 Å². The first kappa shape index (κ1) is 13.1. The third-order valence-electron chi connectivity index (χ3n) is 3.64. The zero-order chi connectivity index (χ0) is 13.0. The fourth-order valence-corrected chi connectivity index (χ4v) is 2.61. The molecule has 0 unspecified atom stereocenters. The van der Waals surface area contributed by atoms with Gasteiger partial charge in [-0.15, -0.1) is 0 Å². The minimum atomic E-state index is 0.0341. The van der Waals surface area contributed by atoms with Crippen molar-refractivity contribution in [2.24, 2.45) is 0 Å². The predicted molar refractivity (Wildman–Crippen MR) is 74.0 cm³/mol. The molecule has 2 N–H and O–H groups in total. The summed E-state index contributed by atoms with van der Waals surface area (Å²) in [5, 5.41) is 6.23. The van der Waals surface area contributed by atoms with Crippen LogP contribution in [-0.2, 0) is 0 Å². The van der Waals surface area contributed by atoms with Crippen molar-refractivity contribution in [1.82, 2.24) is 10.6 Å². The number of amides is 1. The molecule has 0 atom stereocenters. The van der Waals surface area contributed by atoms with Crippen molar-refractivity contribution in [2.75, 3.05) is 19.6 Å². The van der Waals surface area contributed by atoms with Gasteiger partial charge in [0.05, 0.1) is 0 Å². The smallest absolute Gasteiger partial charge is 0.251 e. The fourth-order valence-electron chi connectivity index (χ4n) is 2.61. The van der Waals surface area contributed by atoms with E-state index in [0.29, 0.717) is 12.5 Å². The summed E-state index contributed by atoms with van der Waals surface area (Å²) in [4.78, 5) is 11.8. The number of carbonyl (C=O) groups is 1. The molecule has 18 heavy (non-hydrogen) atoms. The van der Waals surface area contributed by atoms with E-state index in [9.17, 15) is 4.79 Å². The zero-order valence-electron chi connectivity index (χ0n) is 11.3. The van der Waals surface area contributed by atoms with E-state index in [1.54, 1.807) is 0 Å². The van der Waals surface area contributed by atoms with Crippen molar-refractivity contribution in [3.63, 3.8) is 0 Å². The van der Waals surface area contributed by atoms with Crippen molar-refractivity contribution in [3.05, 3.63) is 34.9 Å². The van der Waals surface area contributed by atoms with Gasteiger partial charge in [-0.1, -0.05) is 12.1 Å². The van der Waals surface area contributed by atoms with Crippen LogP contribution < -0.4 is 10.6 Å². The molecule has 3 heteroatoms. The summed E-state index contributed by atoms with van der Waals surface area (Å²) in [6.45, 7) is 6.84. The van der Waals surface area contributed by atoms with Gasteiger partial charge in [0, 0.05) is 12.1 Å². The molecule has 0 spiro atoms. The van der Waals surface area contributed by atoms with E-state index in [0.717, 1.165) is 24.2 Å². The summed E-state index contributed by atoms with van der Waals surface area (Å²) in [5.74, 6) is 0.681. The second-order valence-electron chi connectivity index (χ2n) is 4.96. The minimum Gasteiger partial charge on any atom is -0.352 e. The molecule has 1 aliphatic rings. The molecule has 0 saturated carbocycles. The van der Waals surface area contributed by atoms with Crippen molar-refractivity contribution in [2.45, 2.75) is 32.6 Å². The summed E-state index contributed by atoms with van der Waals surface area (Å²) in [5.41, 5.74) is 3.26. The van der Waals surface area contributed by atoms with Crippen LogP contribution in [0.4, 0.5) is 0 Å². The highest BCUT2D eigenvalue weighted by molar-refractivity contribution is 5.95. The van der Waals surface area contributed by atoms with Crippen molar-refractivity contribution in [3.8, 4) is 0 Å². The normalized spacial score (nSPS) is 16.6. The molecule has 0 aliphatic carbocycles. The zero-order valence-corrected chi connectivity index (χ0v) is 11.3. The second kappa shape index (κ2) is 6.01. The maximum atomic E-state index is 11.8. The topological polar surface area (TPSA) is 41.1 Å². The van der Waals surface area contributed by atoms with E-state index in [-0.39, 0.29) is 5.91 Å². The molecule has 1 fully saturated rings. The summed E-state index contributed by atoms with van der Waals surface area (Å²) in [7, 11) is 0. The minimum absolute atomic E-state index is 0.0341. The summed E-state index contributed by atoms with van der Waals surface area (Å²) >= 11 is 0. The molecule has 98 valence electrons. The highest BCUT2D eigenvalue weighted by atomic mass is 16.1. The van der Waals surface area contributed by atoms with Crippen LogP contribution in [0.1, 0.15) is 47.2 Å². The number of carbonyl (C=O) groups excluding carboxylic acids is 1. The monoisotopic (exact) mass is 246 g/mol. The number of hydrogen-bond donors (Lipinski definition) is 2. The Morgan fingerprint density at radius 1 is 1.39 bits per heavy atom. The highest BCUT2D eigenvalue weighted by Gasteiger charge is 2.16. The Bertz CT molecular complexity index is 423. The fraction of sp³-hybridized carbons (Fsp3) is 0.533. The summed E-state index contributed by atoms with van der Waals surface area (Å²) < 4.78 is 0. The van der Waals surface area contributed by atoms with Gasteiger partial charge in [-0.2, -0.15) is 0 Å². The van der Waals surface area contributed by atoms with Crippen molar-refractivity contribution >= 4 is 5.91 Å². The van der Waals surface area contributed by atoms with E-state index < -0.39 is 0 Å². The summed E-state index contributed by atoms with van der Waals surface area (Å²) in [6.07, 6.45) is 2.39. The van der Waals surface area contributed by atoms with Gasteiger partial charge in [0.1, 0.15) is 0 Å². The van der Waals surface area contributed by atoms with Gasteiger partial charge in [0.15, 0.2) is 0 Å². The van der Waals surface area contributed by atoms with Crippen LogP contribution in [0.5, 0.6) is 0 Å². The first-order chi connectivity index (χ1) is 8.72. The third-order valence-corrected chi connectivity index (χ3v) is 3.64. The first-order valence-corrected chi connectivity index (χ1v) is 6.82. The van der Waals surface area contributed by atoms with Gasteiger partial charge in [-0.05, 0) is 62.9 Å². The second-order valence-corrected chi connectivity index (χ2v) is 4.96. The predicted octanol–water partition coefficient (Wildman–Crippen LogP) is 2.21. The number of rotatable bonds is 3. The number of piperidine rings is 1. The Balaban J connectivity index is 2.16. The van der Waals surface area contributed by atoms with Crippen molar-refractivity contribution < 1.29 is 4.79 Å². The molecular weight excluding hydrogens is 224 g/mol. The largest absolute Gasteiger partial charge is 0.352 e. The van der Waals surface area contributed by atoms with Crippen LogP contribution in [0.2, 0.25) is 0 Å². The Morgan fingerprint density at radius 2 is 2.11 bits per heavy atom. The molecule has 0 aromatic heterocycles. The molecule has 1 amide bonds. The third kappa shape index (κ3) is 2.91. The quantitative estimate of drug-likeness (QED) is 0.858. The van der Waals surface area contributed by atoms with Crippen LogP contribution in [0.25, 0.3) is 0 Å². The molecule has 0 bridgehead atoms. The lowest BCUT2D eigenvalue weighted by atomic mass is 9.88. The number of benzene rings is 1. The van der Waals surface area contributed by atoms with E-state index in [4.69, 9.17) is 0 Å².